The second-order valence-electron chi connectivity index (χ2n) is 4.90. The van der Waals surface area contributed by atoms with Gasteiger partial charge in [-0.05, 0) is 47.7 Å². The summed E-state index contributed by atoms with van der Waals surface area (Å²) in [6, 6.07) is 8.12. The number of fused-ring (bicyclic) bond motifs is 1. The van der Waals surface area contributed by atoms with Gasteiger partial charge in [-0.3, -0.25) is 0 Å². The SMILES string of the molecule is Fc1ccc(-c2noc(C3NCCc4sccc43)n2)cc1. The highest BCUT2D eigenvalue weighted by Gasteiger charge is 2.27. The van der Waals surface area contributed by atoms with Crippen LogP contribution in [-0.4, -0.2) is 16.7 Å². The second-order valence-corrected chi connectivity index (χ2v) is 5.90. The number of nitrogens with zero attached hydrogens (tertiary/aromatic N) is 2. The number of hydrogen-bond donors (Lipinski definition) is 1. The molecule has 0 amide bonds. The van der Waals surface area contributed by atoms with Gasteiger partial charge < -0.3 is 9.84 Å². The number of benzene rings is 1. The monoisotopic (exact) mass is 301 g/mol. The Morgan fingerprint density at radius 3 is 2.95 bits per heavy atom. The molecule has 6 heteroatoms. The van der Waals surface area contributed by atoms with E-state index in [4.69, 9.17) is 4.52 Å². The minimum Gasteiger partial charge on any atom is -0.337 e. The van der Waals surface area contributed by atoms with E-state index in [0.717, 1.165) is 18.5 Å². The largest absolute Gasteiger partial charge is 0.337 e. The molecule has 0 aliphatic carbocycles. The Morgan fingerprint density at radius 1 is 1.24 bits per heavy atom. The molecule has 1 aromatic carbocycles. The van der Waals surface area contributed by atoms with Gasteiger partial charge in [-0.15, -0.1) is 11.3 Å². The molecular formula is C15H12FN3OS. The van der Waals surface area contributed by atoms with Crippen molar-refractivity contribution in [1.82, 2.24) is 15.5 Å². The van der Waals surface area contributed by atoms with Gasteiger partial charge in [0.2, 0.25) is 11.7 Å². The van der Waals surface area contributed by atoms with Gasteiger partial charge >= 0.3 is 0 Å². The lowest BCUT2D eigenvalue weighted by Crippen LogP contribution is -2.29. The van der Waals surface area contributed by atoms with Gasteiger partial charge in [-0.2, -0.15) is 4.98 Å². The summed E-state index contributed by atoms with van der Waals surface area (Å²) in [5.74, 6) is 0.752. The molecule has 3 aromatic rings. The second kappa shape index (κ2) is 5.05. The molecule has 0 radical (unpaired) electrons. The zero-order valence-corrected chi connectivity index (χ0v) is 11.9. The molecule has 4 rings (SSSR count). The third-order valence-electron chi connectivity index (χ3n) is 3.58. The van der Waals surface area contributed by atoms with Gasteiger partial charge in [-0.1, -0.05) is 5.16 Å². The highest BCUT2D eigenvalue weighted by Crippen LogP contribution is 2.32. The van der Waals surface area contributed by atoms with Gasteiger partial charge in [0.05, 0.1) is 0 Å². The minimum atomic E-state index is -0.278. The lowest BCUT2D eigenvalue weighted by atomic mass is 10.0. The molecule has 0 saturated heterocycles. The molecule has 106 valence electrons. The number of rotatable bonds is 2. The molecule has 2 aromatic heterocycles. The topological polar surface area (TPSA) is 51.0 Å². The van der Waals surface area contributed by atoms with Crippen molar-refractivity contribution in [3.8, 4) is 11.4 Å². The van der Waals surface area contributed by atoms with Crippen LogP contribution >= 0.6 is 11.3 Å². The molecule has 1 N–H and O–H groups in total. The summed E-state index contributed by atoms with van der Waals surface area (Å²) in [4.78, 5) is 5.82. The summed E-state index contributed by atoms with van der Waals surface area (Å²) < 4.78 is 18.4. The Bertz CT molecular complexity index is 765. The molecule has 0 fully saturated rings. The molecule has 4 nitrogen and oxygen atoms in total. The zero-order valence-electron chi connectivity index (χ0n) is 11.0. The molecular weight excluding hydrogens is 289 g/mol. The average Bonchev–Trinajstić information content (AvgIpc) is 3.16. The van der Waals surface area contributed by atoms with Crippen molar-refractivity contribution in [1.29, 1.82) is 0 Å². The summed E-state index contributed by atoms with van der Waals surface area (Å²) in [7, 11) is 0. The number of aromatic nitrogens is 2. The van der Waals surface area contributed by atoms with E-state index in [-0.39, 0.29) is 11.9 Å². The maximum Gasteiger partial charge on any atom is 0.248 e. The van der Waals surface area contributed by atoms with Crippen LogP contribution in [0, 0.1) is 5.82 Å². The van der Waals surface area contributed by atoms with Gasteiger partial charge in [-0.25, -0.2) is 4.39 Å². The first-order valence-corrected chi connectivity index (χ1v) is 7.58. The Balaban J connectivity index is 1.68. The number of hydrogen-bond acceptors (Lipinski definition) is 5. The van der Waals surface area contributed by atoms with Gasteiger partial charge in [0.15, 0.2) is 0 Å². The van der Waals surface area contributed by atoms with Crippen LogP contribution in [0.3, 0.4) is 0 Å². The first-order chi connectivity index (χ1) is 10.3. The first-order valence-electron chi connectivity index (χ1n) is 6.70. The molecule has 0 saturated carbocycles. The van der Waals surface area contributed by atoms with Crippen LogP contribution in [0.25, 0.3) is 11.4 Å². The Hall–Kier alpha value is -2.05. The van der Waals surface area contributed by atoms with Crippen molar-refractivity contribution >= 4 is 11.3 Å². The summed E-state index contributed by atoms with van der Waals surface area (Å²) in [6.07, 6.45) is 1.03. The molecule has 0 spiro atoms. The van der Waals surface area contributed by atoms with Crippen molar-refractivity contribution in [2.45, 2.75) is 12.5 Å². The van der Waals surface area contributed by atoms with Crippen LogP contribution in [0.5, 0.6) is 0 Å². The Labute approximate surface area is 124 Å². The zero-order chi connectivity index (χ0) is 14.2. The summed E-state index contributed by atoms with van der Waals surface area (Å²) in [6.45, 7) is 0.895. The Morgan fingerprint density at radius 2 is 2.10 bits per heavy atom. The first kappa shape index (κ1) is 12.7. The van der Waals surface area contributed by atoms with E-state index in [9.17, 15) is 4.39 Å². The summed E-state index contributed by atoms with van der Waals surface area (Å²) >= 11 is 1.76. The number of thiophene rings is 1. The predicted molar refractivity (Wildman–Crippen MR) is 77.6 cm³/mol. The van der Waals surface area contributed by atoms with E-state index >= 15 is 0 Å². The van der Waals surface area contributed by atoms with Crippen LogP contribution in [0.15, 0.2) is 40.2 Å². The van der Waals surface area contributed by atoms with E-state index in [0.29, 0.717) is 11.7 Å². The maximum absolute atomic E-state index is 13.0. The van der Waals surface area contributed by atoms with E-state index in [1.807, 2.05) is 0 Å². The van der Waals surface area contributed by atoms with Crippen LogP contribution in [0.2, 0.25) is 0 Å². The third-order valence-corrected chi connectivity index (χ3v) is 4.58. The van der Waals surface area contributed by atoms with Gasteiger partial charge in [0, 0.05) is 17.0 Å². The molecule has 21 heavy (non-hydrogen) atoms. The maximum atomic E-state index is 13.0. The highest BCUT2D eigenvalue weighted by molar-refractivity contribution is 7.10. The van der Waals surface area contributed by atoms with E-state index < -0.39 is 0 Å². The van der Waals surface area contributed by atoms with Crippen molar-refractivity contribution in [2.24, 2.45) is 0 Å². The fourth-order valence-corrected chi connectivity index (χ4v) is 3.46. The molecule has 1 aliphatic rings. The predicted octanol–water partition coefficient (Wildman–Crippen LogP) is 3.17. The normalized spacial score (nSPS) is 17.7. The number of halogens is 1. The van der Waals surface area contributed by atoms with Crippen molar-refractivity contribution in [3.05, 3.63) is 57.9 Å². The molecule has 1 aliphatic heterocycles. The van der Waals surface area contributed by atoms with Crippen molar-refractivity contribution in [3.63, 3.8) is 0 Å². The van der Waals surface area contributed by atoms with Gasteiger partial charge in [0.1, 0.15) is 11.9 Å². The highest BCUT2D eigenvalue weighted by atomic mass is 32.1. The average molecular weight is 301 g/mol. The fourth-order valence-electron chi connectivity index (χ4n) is 2.54. The van der Waals surface area contributed by atoms with E-state index in [1.54, 1.807) is 23.5 Å². The summed E-state index contributed by atoms with van der Waals surface area (Å²) in [5, 5.41) is 9.49. The Kier molecular flexibility index (Phi) is 3.05. The lowest BCUT2D eigenvalue weighted by Gasteiger charge is -2.20. The molecule has 3 heterocycles. The minimum absolute atomic E-state index is 0.0540. The standard InChI is InChI=1S/C15H12FN3OS/c16-10-3-1-9(2-4-10)14-18-15(20-19-14)13-11-6-8-21-12(11)5-7-17-13/h1-4,6,8,13,17H,5,7H2. The smallest absolute Gasteiger partial charge is 0.248 e. The molecule has 0 bridgehead atoms. The molecule has 1 unspecified atom stereocenters. The van der Waals surface area contributed by atoms with Crippen molar-refractivity contribution in [2.75, 3.05) is 6.54 Å². The van der Waals surface area contributed by atoms with E-state index in [1.165, 1.54) is 22.6 Å². The fraction of sp³-hybridized carbons (Fsp3) is 0.200. The quantitative estimate of drug-likeness (QED) is 0.790. The van der Waals surface area contributed by atoms with Gasteiger partial charge in [0.25, 0.3) is 0 Å². The van der Waals surface area contributed by atoms with Crippen LogP contribution < -0.4 is 5.32 Å². The number of nitrogens with one attached hydrogen (secondary N) is 1. The third kappa shape index (κ3) is 2.26. The van der Waals surface area contributed by atoms with Crippen LogP contribution in [0.4, 0.5) is 4.39 Å². The lowest BCUT2D eigenvalue weighted by molar-refractivity contribution is 0.344. The van der Waals surface area contributed by atoms with E-state index in [2.05, 4.69) is 26.9 Å². The van der Waals surface area contributed by atoms with Crippen molar-refractivity contribution < 1.29 is 8.91 Å². The van der Waals surface area contributed by atoms with Crippen LogP contribution in [-0.2, 0) is 6.42 Å². The molecule has 1 atom stereocenters. The summed E-state index contributed by atoms with van der Waals surface area (Å²) in [5.41, 5.74) is 1.95. The van der Waals surface area contributed by atoms with Crippen LogP contribution in [0.1, 0.15) is 22.4 Å².